The van der Waals surface area contributed by atoms with Gasteiger partial charge in [-0.15, -0.1) is 0 Å². The molecule has 0 bridgehead atoms. The quantitative estimate of drug-likeness (QED) is 0.642. The molecular weight excluding hydrogens is 264 g/mol. The van der Waals surface area contributed by atoms with Gasteiger partial charge in [-0.3, -0.25) is 4.79 Å². The fraction of sp³-hybridized carbons (Fsp3) is 0.417. The number of hydrogen-bond donors (Lipinski definition) is 2. The van der Waals surface area contributed by atoms with Gasteiger partial charge in [0.25, 0.3) is 0 Å². The van der Waals surface area contributed by atoms with Crippen molar-refractivity contribution in [1.29, 1.82) is 0 Å². The van der Waals surface area contributed by atoms with Crippen LogP contribution >= 0.6 is 0 Å². The lowest BCUT2D eigenvalue weighted by Gasteiger charge is -2.22. The summed E-state index contributed by atoms with van der Waals surface area (Å²) in [5.41, 5.74) is -1.08. The minimum absolute atomic E-state index is 0.0997. The number of carbonyl (C=O) groups excluding carboxylic acids is 1. The maximum Gasteiger partial charge on any atom is 0.228 e. The molecule has 1 atom stereocenters. The highest BCUT2D eigenvalue weighted by atomic mass is 19.2. The average molecular weight is 276 g/mol. The van der Waals surface area contributed by atoms with Crippen LogP contribution in [0.5, 0.6) is 0 Å². The van der Waals surface area contributed by atoms with E-state index < -0.39 is 40.8 Å². The highest BCUT2D eigenvalue weighted by Crippen LogP contribution is 2.25. The standard InChI is InChI=1S/C12H12F4N2O/c13-7-4-8(14)10(16)11(9(7)15)18-12(19)6-2-1-3-17-5-6/h4,6,17H,1-3,5H2,(H,18,19)/t6-/m1/s1. The first-order chi connectivity index (χ1) is 9.00. The van der Waals surface area contributed by atoms with Crippen molar-refractivity contribution >= 4 is 11.6 Å². The van der Waals surface area contributed by atoms with Crippen LogP contribution in [0.3, 0.4) is 0 Å². The number of amides is 1. The molecule has 0 saturated carbocycles. The topological polar surface area (TPSA) is 41.1 Å². The molecule has 2 N–H and O–H groups in total. The summed E-state index contributed by atoms with van der Waals surface area (Å²) in [7, 11) is 0. The molecule has 7 heteroatoms. The number of carbonyl (C=O) groups is 1. The zero-order chi connectivity index (χ0) is 14.0. The van der Waals surface area contributed by atoms with E-state index >= 15 is 0 Å². The Morgan fingerprint density at radius 3 is 2.37 bits per heavy atom. The third kappa shape index (κ3) is 2.86. The zero-order valence-electron chi connectivity index (χ0n) is 9.90. The van der Waals surface area contributed by atoms with Gasteiger partial charge in [0.05, 0.1) is 5.92 Å². The third-order valence-corrected chi connectivity index (χ3v) is 3.03. The lowest BCUT2D eigenvalue weighted by molar-refractivity contribution is -0.120. The Kier molecular flexibility index (Phi) is 4.04. The van der Waals surface area contributed by atoms with Crippen LogP contribution < -0.4 is 10.6 Å². The van der Waals surface area contributed by atoms with Gasteiger partial charge in [0.15, 0.2) is 23.3 Å². The SMILES string of the molecule is O=C(Nc1c(F)c(F)cc(F)c1F)[C@@H]1CCCNC1. The summed E-state index contributed by atoms with van der Waals surface area (Å²) >= 11 is 0. The van der Waals surface area contributed by atoms with Crippen LogP contribution in [0, 0.1) is 29.2 Å². The summed E-state index contributed by atoms with van der Waals surface area (Å²) in [6.07, 6.45) is 1.31. The van der Waals surface area contributed by atoms with Crippen molar-refractivity contribution in [2.24, 2.45) is 5.92 Å². The van der Waals surface area contributed by atoms with Crippen molar-refractivity contribution in [3.63, 3.8) is 0 Å². The van der Waals surface area contributed by atoms with E-state index in [-0.39, 0.29) is 6.07 Å². The first-order valence-corrected chi connectivity index (χ1v) is 5.85. The molecule has 1 aromatic rings. The summed E-state index contributed by atoms with van der Waals surface area (Å²) < 4.78 is 52.7. The second kappa shape index (κ2) is 5.56. The van der Waals surface area contributed by atoms with Crippen molar-refractivity contribution in [3.8, 4) is 0 Å². The molecule has 0 spiro atoms. The van der Waals surface area contributed by atoms with Gasteiger partial charge in [0.1, 0.15) is 5.69 Å². The molecule has 1 saturated heterocycles. The first kappa shape index (κ1) is 13.8. The van der Waals surface area contributed by atoms with Crippen LogP contribution in [-0.4, -0.2) is 19.0 Å². The van der Waals surface area contributed by atoms with Crippen LogP contribution in [0.25, 0.3) is 0 Å². The van der Waals surface area contributed by atoms with Gasteiger partial charge in [0.2, 0.25) is 5.91 Å². The molecule has 1 aliphatic rings. The highest BCUT2D eigenvalue weighted by molar-refractivity contribution is 5.93. The number of anilines is 1. The Hall–Kier alpha value is -1.63. The maximum absolute atomic E-state index is 13.4. The van der Waals surface area contributed by atoms with E-state index in [1.165, 1.54) is 0 Å². The Balaban J connectivity index is 2.20. The zero-order valence-corrected chi connectivity index (χ0v) is 9.90. The van der Waals surface area contributed by atoms with E-state index in [4.69, 9.17) is 0 Å². The summed E-state index contributed by atoms with van der Waals surface area (Å²) in [6, 6.07) is 0.0997. The van der Waals surface area contributed by atoms with Crippen LogP contribution in [0.4, 0.5) is 23.2 Å². The molecule has 1 aromatic carbocycles. The molecule has 0 aromatic heterocycles. The minimum Gasteiger partial charge on any atom is -0.321 e. The van der Waals surface area contributed by atoms with Crippen LogP contribution in [-0.2, 0) is 4.79 Å². The predicted octanol–water partition coefficient (Wildman–Crippen LogP) is 2.18. The second-order valence-corrected chi connectivity index (χ2v) is 4.38. The fourth-order valence-corrected chi connectivity index (χ4v) is 1.98. The van der Waals surface area contributed by atoms with Gasteiger partial charge in [-0.1, -0.05) is 0 Å². The molecule has 19 heavy (non-hydrogen) atoms. The summed E-state index contributed by atoms with van der Waals surface area (Å²) in [4.78, 5) is 11.8. The number of rotatable bonds is 2. The Morgan fingerprint density at radius 1 is 1.21 bits per heavy atom. The molecule has 1 aliphatic heterocycles. The first-order valence-electron chi connectivity index (χ1n) is 5.85. The van der Waals surface area contributed by atoms with Gasteiger partial charge < -0.3 is 10.6 Å². The van der Waals surface area contributed by atoms with E-state index in [2.05, 4.69) is 5.32 Å². The van der Waals surface area contributed by atoms with E-state index in [0.717, 1.165) is 13.0 Å². The molecule has 3 nitrogen and oxygen atoms in total. The smallest absolute Gasteiger partial charge is 0.228 e. The molecular formula is C12H12F4N2O. The van der Waals surface area contributed by atoms with Crippen LogP contribution in [0.1, 0.15) is 12.8 Å². The molecule has 1 fully saturated rings. The normalized spacial score (nSPS) is 19.3. The van der Waals surface area contributed by atoms with Gasteiger partial charge in [-0.05, 0) is 19.4 Å². The lowest BCUT2D eigenvalue weighted by atomic mass is 9.99. The second-order valence-electron chi connectivity index (χ2n) is 4.38. The Labute approximate surface area is 107 Å². The maximum atomic E-state index is 13.4. The number of halogens is 4. The Morgan fingerprint density at radius 2 is 1.84 bits per heavy atom. The molecule has 2 rings (SSSR count). The monoisotopic (exact) mass is 276 g/mol. The van der Waals surface area contributed by atoms with Crippen molar-refractivity contribution in [3.05, 3.63) is 29.3 Å². The fourth-order valence-electron chi connectivity index (χ4n) is 1.98. The molecule has 1 amide bonds. The lowest BCUT2D eigenvalue weighted by Crippen LogP contribution is -2.37. The van der Waals surface area contributed by atoms with E-state index in [1.54, 1.807) is 0 Å². The summed E-state index contributed by atoms with van der Waals surface area (Å²) in [5, 5.41) is 4.88. The molecule has 1 heterocycles. The molecule has 0 aliphatic carbocycles. The van der Waals surface area contributed by atoms with Gasteiger partial charge in [-0.25, -0.2) is 17.6 Å². The van der Waals surface area contributed by atoms with Gasteiger partial charge in [0, 0.05) is 12.6 Å². The number of nitrogens with one attached hydrogen (secondary N) is 2. The largest absolute Gasteiger partial charge is 0.321 e. The average Bonchev–Trinajstić information content (AvgIpc) is 2.42. The van der Waals surface area contributed by atoms with Crippen LogP contribution in [0.2, 0.25) is 0 Å². The van der Waals surface area contributed by atoms with E-state index in [9.17, 15) is 22.4 Å². The summed E-state index contributed by atoms with van der Waals surface area (Å²) in [6.45, 7) is 1.13. The van der Waals surface area contributed by atoms with Crippen LogP contribution in [0.15, 0.2) is 6.07 Å². The number of hydrogen-bond acceptors (Lipinski definition) is 2. The van der Waals surface area contributed by atoms with Crippen molar-refractivity contribution in [2.45, 2.75) is 12.8 Å². The van der Waals surface area contributed by atoms with E-state index in [1.807, 2.05) is 5.32 Å². The minimum atomic E-state index is -1.60. The molecule has 0 radical (unpaired) electrons. The number of piperidine rings is 1. The van der Waals surface area contributed by atoms with E-state index in [0.29, 0.717) is 13.0 Å². The highest BCUT2D eigenvalue weighted by Gasteiger charge is 2.25. The molecule has 104 valence electrons. The van der Waals surface area contributed by atoms with Crippen molar-refractivity contribution in [1.82, 2.24) is 5.32 Å². The van der Waals surface area contributed by atoms with Crippen molar-refractivity contribution in [2.75, 3.05) is 18.4 Å². The summed E-state index contributed by atoms with van der Waals surface area (Å²) in [5.74, 6) is -7.42. The van der Waals surface area contributed by atoms with Crippen molar-refractivity contribution < 1.29 is 22.4 Å². The number of benzene rings is 1. The van der Waals surface area contributed by atoms with Gasteiger partial charge in [-0.2, -0.15) is 0 Å². The Bertz CT molecular complexity index is 475. The predicted molar refractivity (Wildman–Crippen MR) is 60.5 cm³/mol. The third-order valence-electron chi connectivity index (χ3n) is 3.03. The van der Waals surface area contributed by atoms with Gasteiger partial charge >= 0.3 is 0 Å². The molecule has 0 unspecified atom stereocenters.